The predicted octanol–water partition coefficient (Wildman–Crippen LogP) is 7.96. The lowest BCUT2D eigenvalue weighted by Crippen LogP contribution is -2.36. The summed E-state index contributed by atoms with van der Waals surface area (Å²) in [5.74, 6) is -0.633. The molecule has 166 valence electrons. The van der Waals surface area contributed by atoms with Gasteiger partial charge in [0.15, 0.2) is 0 Å². The lowest BCUT2D eigenvalue weighted by molar-refractivity contribution is -0.322. The molecule has 1 rings (SSSR count). The number of methoxy groups -OCH3 is 3. The summed E-state index contributed by atoms with van der Waals surface area (Å²) in [6, 6.07) is 0. The molecule has 4 heteroatoms. The molecule has 0 heterocycles. The van der Waals surface area contributed by atoms with Crippen LogP contribution in [0.3, 0.4) is 0 Å². The van der Waals surface area contributed by atoms with Crippen LogP contribution >= 0.6 is 11.6 Å². The summed E-state index contributed by atoms with van der Waals surface area (Å²) < 4.78 is 16.0. The summed E-state index contributed by atoms with van der Waals surface area (Å²) >= 11 is 6.47. The van der Waals surface area contributed by atoms with Gasteiger partial charge in [-0.3, -0.25) is 0 Å². The fourth-order valence-corrected chi connectivity index (χ4v) is 4.52. The Labute approximate surface area is 179 Å². The minimum Gasteiger partial charge on any atom is -0.326 e. The van der Waals surface area contributed by atoms with Gasteiger partial charge in [-0.25, -0.2) is 0 Å². The van der Waals surface area contributed by atoms with E-state index in [1.54, 1.807) is 21.3 Å². The Morgan fingerprint density at radius 3 is 1.54 bits per heavy atom. The number of ether oxygens (including phenoxy) is 3. The van der Waals surface area contributed by atoms with Crippen molar-refractivity contribution >= 4 is 11.6 Å². The Hall–Kier alpha value is -0.0900. The molecule has 1 fully saturated rings. The van der Waals surface area contributed by atoms with Crippen LogP contribution in [0.1, 0.15) is 110 Å². The van der Waals surface area contributed by atoms with Crippen LogP contribution in [0, 0.1) is 5.92 Å². The van der Waals surface area contributed by atoms with Crippen molar-refractivity contribution in [2.75, 3.05) is 21.3 Å². The van der Waals surface area contributed by atoms with E-state index < -0.39 is 5.97 Å². The van der Waals surface area contributed by atoms with E-state index in [0.717, 1.165) is 6.42 Å². The van der Waals surface area contributed by atoms with Gasteiger partial charge in [-0.15, -0.1) is 0 Å². The molecule has 0 radical (unpaired) electrons. The van der Waals surface area contributed by atoms with Crippen molar-refractivity contribution in [3.8, 4) is 0 Å². The van der Waals surface area contributed by atoms with E-state index in [1.165, 1.54) is 102 Å². The van der Waals surface area contributed by atoms with Crippen LogP contribution in [0.5, 0.6) is 0 Å². The van der Waals surface area contributed by atoms with Gasteiger partial charge in [0.25, 0.3) is 0 Å². The third kappa shape index (κ3) is 9.61. The zero-order chi connectivity index (χ0) is 20.7. The van der Waals surface area contributed by atoms with Gasteiger partial charge >= 0.3 is 5.97 Å². The molecule has 1 atom stereocenters. The average molecular weight is 417 g/mol. The smallest absolute Gasteiger partial charge is 0.322 e. The first-order valence-corrected chi connectivity index (χ1v) is 12.1. The van der Waals surface area contributed by atoms with E-state index in [9.17, 15) is 0 Å². The van der Waals surface area contributed by atoms with Crippen molar-refractivity contribution in [1.82, 2.24) is 0 Å². The van der Waals surface area contributed by atoms with Crippen LogP contribution in [0.2, 0.25) is 0 Å². The van der Waals surface area contributed by atoms with Crippen molar-refractivity contribution in [1.29, 1.82) is 0 Å². The highest BCUT2D eigenvalue weighted by atomic mass is 35.5. The minimum atomic E-state index is -1.22. The predicted molar refractivity (Wildman–Crippen MR) is 120 cm³/mol. The van der Waals surface area contributed by atoms with E-state index in [4.69, 9.17) is 25.8 Å². The first-order valence-electron chi connectivity index (χ1n) is 11.7. The van der Waals surface area contributed by atoms with Crippen molar-refractivity contribution in [2.45, 2.75) is 116 Å². The zero-order valence-electron chi connectivity index (χ0n) is 19.0. The average Bonchev–Trinajstić information content (AvgIpc) is 3.49. The Morgan fingerprint density at radius 2 is 1.14 bits per heavy atom. The molecule has 0 saturated heterocycles. The molecule has 0 aromatic heterocycles. The Bertz CT molecular complexity index is 410. The fraction of sp³-hybridized carbons (Fsp3) is 0.917. The third-order valence-corrected chi connectivity index (χ3v) is 6.54. The summed E-state index contributed by atoms with van der Waals surface area (Å²) in [7, 11) is 4.67. The zero-order valence-corrected chi connectivity index (χ0v) is 19.7. The standard InChI is InChI=1S/C24H45ClO3/c1-5-6-7-8-9-10-11-12-13-14-15-16-17-18-19-21-20-22(21)23(25)24(26-2,27-3)28-4/h21H,5-20H2,1-4H3. The molecule has 1 saturated carbocycles. The Balaban J connectivity index is 1.96. The molecule has 1 aliphatic carbocycles. The molecular formula is C24H45ClO3. The second kappa shape index (κ2) is 15.7. The topological polar surface area (TPSA) is 27.7 Å². The van der Waals surface area contributed by atoms with Gasteiger partial charge in [-0.2, -0.15) is 0 Å². The SMILES string of the molecule is CCCCCCCCCCCCCCCCC1CC1=C(Cl)C(OC)(OC)OC. The maximum atomic E-state index is 6.47. The van der Waals surface area contributed by atoms with Gasteiger partial charge in [0.1, 0.15) is 5.03 Å². The third-order valence-electron chi connectivity index (χ3n) is 6.06. The van der Waals surface area contributed by atoms with Crippen LogP contribution < -0.4 is 0 Å². The summed E-state index contributed by atoms with van der Waals surface area (Å²) in [4.78, 5) is 0. The van der Waals surface area contributed by atoms with Gasteiger partial charge < -0.3 is 14.2 Å². The molecule has 0 amide bonds. The van der Waals surface area contributed by atoms with Crippen LogP contribution in [-0.4, -0.2) is 27.3 Å². The van der Waals surface area contributed by atoms with Gasteiger partial charge in [0.2, 0.25) is 0 Å². The number of hydrogen-bond donors (Lipinski definition) is 0. The lowest BCUT2D eigenvalue weighted by atomic mass is 10.0. The van der Waals surface area contributed by atoms with Gasteiger partial charge in [0.05, 0.1) is 0 Å². The first-order chi connectivity index (χ1) is 13.6. The van der Waals surface area contributed by atoms with Gasteiger partial charge in [0, 0.05) is 21.3 Å². The number of halogens is 1. The Kier molecular flexibility index (Phi) is 14.6. The van der Waals surface area contributed by atoms with Crippen LogP contribution in [0.25, 0.3) is 0 Å². The van der Waals surface area contributed by atoms with Crippen LogP contribution in [-0.2, 0) is 14.2 Å². The lowest BCUT2D eigenvalue weighted by Gasteiger charge is -2.28. The summed E-state index contributed by atoms with van der Waals surface area (Å²) in [6.45, 7) is 2.28. The van der Waals surface area contributed by atoms with E-state index in [-0.39, 0.29) is 0 Å². The maximum absolute atomic E-state index is 6.47. The number of hydrogen-bond acceptors (Lipinski definition) is 3. The molecule has 0 bridgehead atoms. The van der Waals surface area contributed by atoms with E-state index in [2.05, 4.69) is 6.92 Å². The largest absolute Gasteiger partial charge is 0.326 e. The number of unbranched alkanes of at least 4 members (excludes halogenated alkanes) is 13. The molecule has 1 aliphatic rings. The van der Waals surface area contributed by atoms with Crippen LogP contribution in [0.4, 0.5) is 0 Å². The van der Waals surface area contributed by atoms with Gasteiger partial charge in [-0.1, -0.05) is 108 Å². The quantitative estimate of drug-likeness (QED) is 0.158. The van der Waals surface area contributed by atoms with E-state index in [0.29, 0.717) is 11.0 Å². The second-order valence-corrected chi connectivity index (χ2v) is 8.67. The highest BCUT2D eigenvalue weighted by Crippen LogP contribution is 2.48. The second-order valence-electron chi connectivity index (χ2n) is 8.29. The van der Waals surface area contributed by atoms with Crippen molar-refractivity contribution in [3.63, 3.8) is 0 Å². The van der Waals surface area contributed by atoms with E-state index >= 15 is 0 Å². The molecular weight excluding hydrogens is 372 g/mol. The minimum absolute atomic E-state index is 0.579. The fourth-order valence-electron chi connectivity index (χ4n) is 4.05. The highest BCUT2D eigenvalue weighted by molar-refractivity contribution is 6.31. The van der Waals surface area contributed by atoms with Crippen molar-refractivity contribution in [3.05, 3.63) is 10.6 Å². The Morgan fingerprint density at radius 1 is 0.750 bits per heavy atom. The van der Waals surface area contributed by atoms with Gasteiger partial charge in [-0.05, 0) is 24.3 Å². The molecule has 3 nitrogen and oxygen atoms in total. The number of allylic oxidation sites excluding steroid dienone is 1. The van der Waals surface area contributed by atoms with Crippen molar-refractivity contribution in [2.24, 2.45) is 5.92 Å². The maximum Gasteiger partial charge on any atom is 0.322 e. The molecule has 1 unspecified atom stereocenters. The molecule has 0 N–H and O–H groups in total. The number of rotatable bonds is 19. The first kappa shape index (κ1) is 25.9. The van der Waals surface area contributed by atoms with Crippen molar-refractivity contribution < 1.29 is 14.2 Å². The molecule has 28 heavy (non-hydrogen) atoms. The molecule has 0 aromatic rings. The summed E-state index contributed by atoms with van der Waals surface area (Å²) in [5, 5.41) is 0.579. The monoisotopic (exact) mass is 416 g/mol. The summed E-state index contributed by atoms with van der Waals surface area (Å²) in [6.07, 6.45) is 21.9. The van der Waals surface area contributed by atoms with E-state index in [1.807, 2.05) is 0 Å². The molecule has 0 aromatic carbocycles. The highest BCUT2D eigenvalue weighted by Gasteiger charge is 2.43. The molecule has 0 spiro atoms. The molecule has 0 aliphatic heterocycles. The van der Waals surface area contributed by atoms with Crippen LogP contribution in [0.15, 0.2) is 10.6 Å². The normalized spacial score (nSPS) is 18.5. The summed E-state index contributed by atoms with van der Waals surface area (Å²) in [5.41, 5.74) is 1.24.